The molecule has 1 saturated heterocycles. The number of nitrogens with zero attached hydrogens (tertiary/aromatic N) is 3. The van der Waals surface area contributed by atoms with Crippen LogP contribution in [0.3, 0.4) is 0 Å². The molecule has 7 nitrogen and oxygen atoms in total. The van der Waals surface area contributed by atoms with Crippen LogP contribution in [0.25, 0.3) is 0 Å². The van der Waals surface area contributed by atoms with Gasteiger partial charge in [-0.25, -0.2) is 8.78 Å². The summed E-state index contributed by atoms with van der Waals surface area (Å²) < 4.78 is 39.9. The molecule has 2 aromatic carbocycles. The smallest absolute Gasteiger partial charge is 0.257 e. The minimum absolute atomic E-state index is 0.0428. The van der Waals surface area contributed by atoms with E-state index in [1.54, 1.807) is 41.6 Å². The Balaban J connectivity index is 1.38. The molecular weight excluding hydrogens is 516 g/mol. The maximum absolute atomic E-state index is 13.9. The number of aromatic nitrogens is 1. The van der Waals surface area contributed by atoms with Gasteiger partial charge in [0.1, 0.15) is 29.7 Å². The van der Waals surface area contributed by atoms with Crippen LogP contribution in [0.15, 0.2) is 67.0 Å². The minimum Gasteiger partial charge on any atom is -0.491 e. The number of hydrogen-bond donors (Lipinski definition) is 0. The fraction of sp³-hybridized carbons (Fsp3) is 0.387. The highest BCUT2D eigenvalue weighted by Gasteiger charge is 2.37. The van der Waals surface area contributed by atoms with Crippen molar-refractivity contribution in [1.29, 1.82) is 0 Å². The third-order valence-electron chi connectivity index (χ3n) is 7.81. The summed E-state index contributed by atoms with van der Waals surface area (Å²) in [5.41, 5.74) is 0.295. The Labute approximate surface area is 232 Å². The lowest BCUT2D eigenvalue weighted by atomic mass is 9.75. The van der Waals surface area contributed by atoms with Crippen molar-refractivity contribution >= 4 is 11.8 Å². The van der Waals surface area contributed by atoms with Crippen LogP contribution >= 0.6 is 0 Å². The zero-order chi connectivity index (χ0) is 28.0. The Hall–Kier alpha value is -4.01. The van der Waals surface area contributed by atoms with Gasteiger partial charge in [-0.05, 0) is 62.1 Å². The van der Waals surface area contributed by atoms with Gasteiger partial charge in [0.05, 0.1) is 24.9 Å². The Morgan fingerprint density at radius 1 is 0.950 bits per heavy atom. The van der Waals surface area contributed by atoms with Crippen molar-refractivity contribution in [2.75, 3.05) is 39.4 Å². The molecule has 4 heterocycles. The first-order valence-electron chi connectivity index (χ1n) is 13.7. The van der Waals surface area contributed by atoms with Crippen molar-refractivity contribution in [3.05, 3.63) is 89.8 Å². The molecule has 40 heavy (non-hydrogen) atoms. The first kappa shape index (κ1) is 27.6. The highest BCUT2D eigenvalue weighted by Crippen LogP contribution is 2.38. The molecule has 2 amide bonds. The molecule has 3 aliphatic heterocycles. The summed E-state index contributed by atoms with van der Waals surface area (Å²) in [5, 5.41) is 0. The quantitative estimate of drug-likeness (QED) is 0.438. The Bertz CT molecular complexity index is 1310. The van der Waals surface area contributed by atoms with E-state index in [1.165, 1.54) is 0 Å². The zero-order valence-corrected chi connectivity index (χ0v) is 22.4. The summed E-state index contributed by atoms with van der Waals surface area (Å²) in [6.07, 6.45) is 7.35. The van der Waals surface area contributed by atoms with Gasteiger partial charge in [0, 0.05) is 42.9 Å². The second-order valence-electron chi connectivity index (χ2n) is 10.5. The molecule has 0 spiro atoms. The Kier molecular flexibility index (Phi) is 8.57. The fourth-order valence-electron chi connectivity index (χ4n) is 5.50. The highest BCUT2D eigenvalue weighted by atomic mass is 19.1. The van der Waals surface area contributed by atoms with E-state index >= 15 is 0 Å². The van der Waals surface area contributed by atoms with Gasteiger partial charge >= 0.3 is 0 Å². The predicted molar refractivity (Wildman–Crippen MR) is 145 cm³/mol. The van der Waals surface area contributed by atoms with Crippen LogP contribution in [-0.4, -0.2) is 66.0 Å². The van der Waals surface area contributed by atoms with E-state index < -0.39 is 17.5 Å². The molecule has 0 saturated carbocycles. The van der Waals surface area contributed by atoms with Gasteiger partial charge in [-0.3, -0.25) is 14.6 Å². The second-order valence-corrected chi connectivity index (χ2v) is 10.5. The summed E-state index contributed by atoms with van der Waals surface area (Å²) in [6.45, 7) is 2.48. The van der Waals surface area contributed by atoms with Gasteiger partial charge in [0.25, 0.3) is 11.8 Å². The van der Waals surface area contributed by atoms with Crippen molar-refractivity contribution in [3.63, 3.8) is 0 Å². The molecule has 1 fully saturated rings. The van der Waals surface area contributed by atoms with Crippen LogP contribution in [0.4, 0.5) is 8.78 Å². The number of fused-ring (bicyclic) bond motifs is 9. The topological polar surface area (TPSA) is 72.0 Å². The number of carbonyl (C=O) groups is 2. The van der Waals surface area contributed by atoms with E-state index in [9.17, 15) is 18.4 Å². The average molecular weight is 550 g/mol. The fourth-order valence-corrected chi connectivity index (χ4v) is 5.50. The highest BCUT2D eigenvalue weighted by molar-refractivity contribution is 5.97. The van der Waals surface area contributed by atoms with Gasteiger partial charge in [0.2, 0.25) is 0 Å². The summed E-state index contributed by atoms with van der Waals surface area (Å²) in [6, 6.07) is 13.7. The summed E-state index contributed by atoms with van der Waals surface area (Å²) in [4.78, 5) is 34.4. The number of para-hydroxylation sites is 1. The van der Waals surface area contributed by atoms with Crippen LogP contribution < -0.4 is 9.47 Å². The molecule has 0 unspecified atom stereocenters. The van der Waals surface area contributed by atoms with E-state index in [0.29, 0.717) is 49.7 Å². The first-order valence-corrected chi connectivity index (χ1v) is 13.7. The van der Waals surface area contributed by atoms with Crippen molar-refractivity contribution < 1.29 is 27.8 Å². The normalized spacial score (nSPS) is 17.8. The predicted octanol–water partition coefficient (Wildman–Crippen LogP) is 5.37. The zero-order valence-electron chi connectivity index (χ0n) is 22.4. The summed E-state index contributed by atoms with van der Waals surface area (Å²) >= 11 is 0. The molecule has 6 rings (SSSR count). The van der Waals surface area contributed by atoms with Gasteiger partial charge in [0.15, 0.2) is 0 Å². The van der Waals surface area contributed by atoms with Gasteiger partial charge in [-0.1, -0.05) is 18.6 Å². The number of halogens is 2. The van der Waals surface area contributed by atoms with E-state index in [1.807, 2.05) is 17.0 Å². The van der Waals surface area contributed by atoms with Crippen LogP contribution in [0.5, 0.6) is 11.5 Å². The average Bonchev–Trinajstić information content (AvgIpc) is 2.97. The van der Waals surface area contributed by atoms with Crippen molar-refractivity contribution in [1.82, 2.24) is 14.8 Å². The lowest BCUT2D eigenvalue weighted by Crippen LogP contribution is -2.45. The van der Waals surface area contributed by atoms with E-state index in [-0.39, 0.29) is 30.0 Å². The number of amides is 2. The van der Waals surface area contributed by atoms with E-state index in [0.717, 1.165) is 43.9 Å². The molecule has 210 valence electrons. The third kappa shape index (κ3) is 6.58. The van der Waals surface area contributed by atoms with Gasteiger partial charge in [-0.15, -0.1) is 0 Å². The molecule has 0 atom stereocenters. The maximum atomic E-state index is 13.9. The first-order chi connectivity index (χ1) is 19.4. The van der Waals surface area contributed by atoms with Crippen molar-refractivity contribution in [3.8, 4) is 11.5 Å². The number of benzene rings is 2. The standard InChI is InChI=1S/C31H33F2N3O4/c32-24-18-23(19-25(33)20-24)29(37)35-13-4-3-9-31(22-40-26-6-5-12-34-21-26)10-14-36(15-11-31)30(38)27-7-1-2-8-28(27)39-17-16-35/h1-2,5-8,12,18-21H,3-4,9-11,13-17,22H2. The minimum atomic E-state index is -0.799. The molecule has 0 aliphatic carbocycles. The number of carbonyl (C=O) groups excluding carboxylic acids is 2. The lowest BCUT2D eigenvalue weighted by molar-refractivity contribution is 0.0358. The molecule has 0 N–H and O–H groups in total. The van der Waals surface area contributed by atoms with Crippen LogP contribution in [0, 0.1) is 17.0 Å². The van der Waals surface area contributed by atoms with Crippen molar-refractivity contribution in [2.24, 2.45) is 5.41 Å². The molecule has 3 aliphatic rings. The molecule has 2 bridgehead atoms. The van der Waals surface area contributed by atoms with E-state index in [2.05, 4.69) is 4.98 Å². The second kappa shape index (κ2) is 12.4. The maximum Gasteiger partial charge on any atom is 0.257 e. The van der Waals surface area contributed by atoms with Gasteiger partial charge < -0.3 is 19.3 Å². The van der Waals surface area contributed by atoms with E-state index in [4.69, 9.17) is 9.47 Å². The Morgan fingerprint density at radius 3 is 2.48 bits per heavy atom. The molecule has 1 aromatic heterocycles. The van der Waals surface area contributed by atoms with Crippen molar-refractivity contribution in [2.45, 2.75) is 32.1 Å². The monoisotopic (exact) mass is 549 g/mol. The molecule has 0 radical (unpaired) electrons. The SMILES string of the molecule is O=C(c1cc(F)cc(F)c1)N1CCCCC2(COc3cccnc3)CCN(CC2)C(=O)c2ccccc2OCC1. The molecular formula is C31H33F2N3O4. The number of pyridine rings is 1. The molecule has 9 heteroatoms. The number of rotatable bonds is 4. The van der Waals surface area contributed by atoms with Gasteiger partial charge in [-0.2, -0.15) is 0 Å². The lowest BCUT2D eigenvalue weighted by Gasteiger charge is -2.42. The summed E-state index contributed by atoms with van der Waals surface area (Å²) in [5.74, 6) is -0.994. The number of piperidine rings is 1. The number of ether oxygens (including phenoxy) is 2. The third-order valence-corrected chi connectivity index (χ3v) is 7.81. The van der Waals surface area contributed by atoms with Crippen LogP contribution in [0.2, 0.25) is 0 Å². The molecule has 3 aromatic rings. The van der Waals surface area contributed by atoms with Crippen LogP contribution in [0.1, 0.15) is 52.8 Å². The summed E-state index contributed by atoms with van der Waals surface area (Å²) in [7, 11) is 0. The van der Waals surface area contributed by atoms with Crippen LogP contribution in [-0.2, 0) is 0 Å². The Morgan fingerprint density at radius 2 is 1.73 bits per heavy atom. The largest absolute Gasteiger partial charge is 0.491 e. The number of hydrogen-bond acceptors (Lipinski definition) is 5.